The molecule has 9 nitrogen and oxygen atoms in total. The average Bonchev–Trinajstić information content (AvgIpc) is 3.42. The standard InChI is InChI=1S/C17H14N6O3S/c1-10-20-21-22-23(10)13-8-11(5-6-14(13)25-2)18-16(24)12-9-27-17(19-12)15-4-3-7-26-15/h3-9H,1-2H3,(H,18,24). The summed E-state index contributed by atoms with van der Waals surface area (Å²) in [5.41, 5.74) is 1.49. The fourth-order valence-electron chi connectivity index (χ4n) is 2.47. The van der Waals surface area contributed by atoms with Gasteiger partial charge in [-0.25, -0.2) is 4.98 Å². The van der Waals surface area contributed by atoms with E-state index in [1.54, 1.807) is 56.0 Å². The number of hydrogen-bond acceptors (Lipinski definition) is 8. The summed E-state index contributed by atoms with van der Waals surface area (Å²) in [5, 5.41) is 16.6. The number of tetrazole rings is 1. The third-order valence-corrected chi connectivity index (χ3v) is 4.62. The normalized spacial score (nSPS) is 10.7. The number of hydrogen-bond donors (Lipinski definition) is 1. The van der Waals surface area contributed by atoms with Crippen molar-refractivity contribution in [3.63, 3.8) is 0 Å². The second-order valence-electron chi connectivity index (χ2n) is 5.49. The Morgan fingerprint density at radius 3 is 2.93 bits per heavy atom. The minimum atomic E-state index is -0.325. The molecule has 4 aromatic rings. The summed E-state index contributed by atoms with van der Waals surface area (Å²) in [4.78, 5) is 16.9. The van der Waals surface area contributed by atoms with Gasteiger partial charge >= 0.3 is 0 Å². The summed E-state index contributed by atoms with van der Waals surface area (Å²) in [6, 6.07) is 8.78. The molecule has 3 aromatic heterocycles. The average molecular weight is 382 g/mol. The number of ether oxygens (including phenoxy) is 1. The molecule has 3 heterocycles. The van der Waals surface area contributed by atoms with Crippen molar-refractivity contribution in [1.29, 1.82) is 0 Å². The molecule has 0 atom stereocenters. The molecule has 1 amide bonds. The van der Waals surface area contributed by atoms with Gasteiger partial charge in [-0.3, -0.25) is 4.79 Å². The number of aryl methyl sites for hydroxylation is 1. The third kappa shape index (κ3) is 3.29. The van der Waals surface area contributed by atoms with Crippen LogP contribution in [0.5, 0.6) is 5.75 Å². The zero-order valence-electron chi connectivity index (χ0n) is 14.4. The smallest absolute Gasteiger partial charge is 0.275 e. The number of rotatable bonds is 5. The van der Waals surface area contributed by atoms with E-state index in [0.29, 0.717) is 39.4 Å². The van der Waals surface area contributed by atoms with Crippen LogP contribution in [0.25, 0.3) is 16.5 Å². The lowest BCUT2D eigenvalue weighted by Crippen LogP contribution is -2.13. The molecule has 0 aliphatic rings. The Morgan fingerprint density at radius 2 is 2.22 bits per heavy atom. The van der Waals surface area contributed by atoms with E-state index in [4.69, 9.17) is 9.15 Å². The summed E-state index contributed by atoms with van der Waals surface area (Å²) in [6.07, 6.45) is 1.57. The number of carbonyl (C=O) groups is 1. The van der Waals surface area contributed by atoms with Gasteiger partial charge in [-0.05, 0) is 47.7 Å². The maximum absolute atomic E-state index is 12.5. The minimum absolute atomic E-state index is 0.308. The molecular formula is C17H14N6O3S. The lowest BCUT2D eigenvalue weighted by atomic mass is 10.2. The summed E-state index contributed by atoms with van der Waals surface area (Å²) >= 11 is 1.34. The SMILES string of the molecule is COc1ccc(NC(=O)c2csc(-c3ccco3)n2)cc1-n1nnnc1C. The lowest BCUT2D eigenvalue weighted by Gasteiger charge is -2.11. The maximum atomic E-state index is 12.5. The van der Waals surface area contributed by atoms with E-state index in [9.17, 15) is 4.79 Å². The van der Waals surface area contributed by atoms with Gasteiger partial charge in [0.1, 0.15) is 17.1 Å². The molecule has 0 saturated heterocycles. The van der Waals surface area contributed by atoms with Gasteiger partial charge in [0, 0.05) is 11.1 Å². The molecule has 0 aliphatic heterocycles. The molecule has 0 bridgehead atoms. The van der Waals surface area contributed by atoms with Crippen LogP contribution in [-0.4, -0.2) is 38.2 Å². The first-order valence-corrected chi connectivity index (χ1v) is 8.78. The summed E-state index contributed by atoms with van der Waals surface area (Å²) in [7, 11) is 1.56. The molecule has 27 heavy (non-hydrogen) atoms. The molecule has 10 heteroatoms. The maximum Gasteiger partial charge on any atom is 0.275 e. The fraction of sp³-hybridized carbons (Fsp3) is 0.118. The van der Waals surface area contributed by atoms with Crippen molar-refractivity contribution in [3.05, 3.63) is 53.5 Å². The number of methoxy groups -OCH3 is 1. The molecule has 0 radical (unpaired) electrons. The zero-order chi connectivity index (χ0) is 18.8. The van der Waals surface area contributed by atoms with E-state index in [1.165, 1.54) is 16.0 Å². The van der Waals surface area contributed by atoms with Crippen molar-refractivity contribution in [2.24, 2.45) is 0 Å². The number of anilines is 1. The minimum Gasteiger partial charge on any atom is -0.494 e. The number of benzene rings is 1. The van der Waals surface area contributed by atoms with Crippen LogP contribution < -0.4 is 10.1 Å². The van der Waals surface area contributed by atoms with Gasteiger partial charge < -0.3 is 14.5 Å². The number of carbonyl (C=O) groups excluding carboxylic acids is 1. The molecule has 136 valence electrons. The number of aromatic nitrogens is 5. The quantitative estimate of drug-likeness (QED) is 0.565. The van der Waals surface area contributed by atoms with Gasteiger partial charge in [0.2, 0.25) is 0 Å². The van der Waals surface area contributed by atoms with Crippen LogP contribution in [0.2, 0.25) is 0 Å². The molecule has 1 N–H and O–H groups in total. The Labute approximate surface area is 157 Å². The zero-order valence-corrected chi connectivity index (χ0v) is 15.2. The molecule has 4 rings (SSSR count). The van der Waals surface area contributed by atoms with Gasteiger partial charge in [0.05, 0.1) is 13.4 Å². The van der Waals surface area contributed by atoms with Crippen LogP contribution in [-0.2, 0) is 0 Å². The first-order valence-electron chi connectivity index (χ1n) is 7.90. The second-order valence-corrected chi connectivity index (χ2v) is 6.35. The van der Waals surface area contributed by atoms with Crippen molar-refractivity contribution in [3.8, 4) is 22.2 Å². The highest BCUT2D eigenvalue weighted by Gasteiger charge is 2.16. The van der Waals surface area contributed by atoms with Crippen LogP contribution in [0.3, 0.4) is 0 Å². The Hall–Kier alpha value is -3.53. The Kier molecular flexibility index (Phi) is 4.38. The first-order chi connectivity index (χ1) is 13.2. The summed E-state index contributed by atoms with van der Waals surface area (Å²) < 4.78 is 12.2. The van der Waals surface area contributed by atoms with Crippen molar-refractivity contribution >= 4 is 22.9 Å². The second kappa shape index (κ2) is 7.00. The summed E-state index contributed by atoms with van der Waals surface area (Å²) in [6.45, 7) is 1.77. The molecular weight excluding hydrogens is 368 g/mol. The van der Waals surface area contributed by atoms with Gasteiger partial charge in [-0.1, -0.05) is 0 Å². The number of thiazole rings is 1. The van der Waals surface area contributed by atoms with Crippen LogP contribution in [0.1, 0.15) is 16.3 Å². The highest BCUT2D eigenvalue weighted by molar-refractivity contribution is 7.13. The fourth-order valence-corrected chi connectivity index (χ4v) is 3.24. The van der Waals surface area contributed by atoms with Gasteiger partial charge in [0.25, 0.3) is 5.91 Å². The third-order valence-electron chi connectivity index (χ3n) is 3.76. The molecule has 0 unspecified atom stereocenters. The molecule has 0 aliphatic carbocycles. The number of amides is 1. The van der Waals surface area contributed by atoms with E-state index < -0.39 is 0 Å². The van der Waals surface area contributed by atoms with Crippen molar-refractivity contribution in [2.75, 3.05) is 12.4 Å². The van der Waals surface area contributed by atoms with Crippen LogP contribution in [0.15, 0.2) is 46.4 Å². The van der Waals surface area contributed by atoms with Crippen LogP contribution in [0.4, 0.5) is 5.69 Å². The van der Waals surface area contributed by atoms with E-state index in [1.807, 2.05) is 0 Å². The van der Waals surface area contributed by atoms with Crippen molar-refractivity contribution in [2.45, 2.75) is 6.92 Å². The predicted octanol–water partition coefficient (Wildman–Crippen LogP) is 2.95. The molecule has 0 saturated carbocycles. The molecule has 1 aromatic carbocycles. The van der Waals surface area contributed by atoms with Crippen LogP contribution >= 0.6 is 11.3 Å². The van der Waals surface area contributed by atoms with E-state index in [0.717, 1.165) is 0 Å². The first kappa shape index (κ1) is 16.9. The summed E-state index contributed by atoms with van der Waals surface area (Å²) in [5.74, 6) is 1.48. The Morgan fingerprint density at radius 1 is 1.33 bits per heavy atom. The lowest BCUT2D eigenvalue weighted by molar-refractivity contribution is 0.102. The number of nitrogens with one attached hydrogen (secondary N) is 1. The van der Waals surface area contributed by atoms with Gasteiger partial charge in [0.15, 0.2) is 16.6 Å². The van der Waals surface area contributed by atoms with Gasteiger partial charge in [-0.15, -0.1) is 16.4 Å². The van der Waals surface area contributed by atoms with E-state index >= 15 is 0 Å². The topological polar surface area (TPSA) is 108 Å². The van der Waals surface area contributed by atoms with E-state index in [2.05, 4.69) is 25.8 Å². The van der Waals surface area contributed by atoms with Crippen LogP contribution in [0, 0.1) is 6.92 Å². The highest BCUT2D eigenvalue weighted by atomic mass is 32.1. The largest absolute Gasteiger partial charge is 0.494 e. The Balaban J connectivity index is 1.59. The predicted molar refractivity (Wildman–Crippen MR) is 98.2 cm³/mol. The highest BCUT2D eigenvalue weighted by Crippen LogP contribution is 2.27. The monoisotopic (exact) mass is 382 g/mol. The molecule has 0 spiro atoms. The van der Waals surface area contributed by atoms with Crippen molar-refractivity contribution in [1.82, 2.24) is 25.2 Å². The van der Waals surface area contributed by atoms with Gasteiger partial charge in [-0.2, -0.15) is 4.68 Å². The van der Waals surface area contributed by atoms with Crippen molar-refractivity contribution < 1.29 is 13.9 Å². The number of furan rings is 1. The molecule has 0 fully saturated rings. The van der Waals surface area contributed by atoms with E-state index in [-0.39, 0.29) is 5.91 Å². The number of nitrogens with zero attached hydrogens (tertiary/aromatic N) is 5. The Bertz CT molecular complexity index is 1090.